The monoisotopic (exact) mass is 244 g/mol. The Morgan fingerprint density at radius 2 is 2.00 bits per heavy atom. The maximum atomic E-state index is 11.6. The maximum absolute atomic E-state index is 11.6. The summed E-state index contributed by atoms with van der Waals surface area (Å²) in [6, 6.07) is 10.2. The lowest BCUT2D eigenvalue weighted by molar-refractivity contribution is -0.139. The molecule has 1 aromatic rings. The summed E-state index contributed by atoms with van der Waals surface area (Å²) < 4.78 is 5.35. The molecule has 0 fully saturated rings. The summed E-state index contributed by atoms with van der Waals surface area (Å²) in [5.41, 5.74) is 1.28. The number of hydrogen-bond acceptors (Lipinski definition) is 2. The lowest BCUT2D eigenvalue weighted by Gasteiger charge is -2.12. The predicted molar refractivity (Wildman–Crippen MR) is 72.0 cm³/mol. The number of carbonyl (C=O) groups excluding carboxylic acids is 1. The number of benzene rings is 1. The first kappa shape index (κ1) is 12.9. The second-order valence-electron chi connectivity index (χ2n) is 4.73. The summed E-state index contributed by atoms with van der Waals surface area (Å²) >= 11 is 0. The molecule has 0 unspecified atom stereocenters. The topological polar surface area (TPSA) is 26.3 Å². The van der Waals surface area contributed by atoms with E-state index in [1.54, 1.807) is 0 Å². The molecule has 0 spiro atoms. The minimum absolute atomic E-state index is 0.0842. The van der Waals surface area contributed by atoms with Crippen molar-refractivity contribution in [3.63, 3.8) is 0 Å². The zero-order valence-corrected chi connectivity index (χ0v) is 10.7. The molecule has 96 valence electrons. The van der Waals surface area contributed by atoms with Gasteiger partial charge in [-0.1, -0.05) is 30.3 Å². The van der Waals surface area contributed by atoms with Gasteiger partial charge in [0.2, 0.25) is 0 Å². The van der Waals surface area contributed by atoms with Gasteiger partial charge < -0.3 is 4.74 Å². The molecule has 2 rings (SSSR count). The van der Waals surface area contributed by atoms with Crippen molar-refractivity contribution in [2.75, 3.05) is 0 Å². The van der Waals surface area contributed by atoms with Crippen LogP contribution in [0.3, 0.4) is 0 Å². The summed E-state index contributed by atoms with van der Waals surface area (Å²) in [6.45, 7) is 0. The van der Waals surface area contributed by atoms with Gasteiger partial charge in [-0.2, -0.15) is 0 Å². The Kier molecular flexibility index (Phi) is 5.00. The Hall–Kier alpha value is -1.57. The molecule has 0 aromatic heterocycles. The highest BCUT2D eigenvalue weighted by atomic mass is 16.5. The fraction of sp³-hybridized carbons (Fsp3) is 0.438. The van der Waals surface area contributed by atoms with Crippen molar-refractivity contribution < 1.29 is 9.53 Å². The quantitative estimate of drug-likeness (QED) is 0.731. The summed E-state index contributed by atoms with van der Waals surface area (Å²) in [6.07, 6.45) is 8.69. The molecule has 2 heteroatoms. The van der Waals surface area contributed by atoms with E-state index in [-0.39, 0.29) is 5.97 Å². The molecular formula is C16H20O2. The van der Waals surface area contributed by atoms with E-state index in [0.717, 1.165) is 37.9 Å². The summed E-state index contributed by atoms with van der Waals surface area (Å²) in [5.74, 6) is 0.796. The molecule has 18 heavy (non-hydrogen) atoms. The van der Waals surface area contributed by atoms with Gasteiger partial charge in [0, 0.05) is 12.8 Å². The van der Waals surface area contributed by atoms with Crippen LogP contribution >= 0.6 is 0 Å². The van der Waals surface area contributed by atoms with Crippen molar-refractivity contribution in [2.24, 2.45) is 0 Å². The van der Waals surface area contributed by atoms with E-state index >= 15 is 0 Å². The van der Waals surface area contributed by atoms with Crippen LogP contribution in [-0.4, -0.2) is 5.97 Å². The van der Waals surface area contributed by atoms with Gasteiger partial charge in [0.05, 0.1) is 0 Å². The molecule has 1 aliphatic rings. The Balaban J connectivity index is 1.67. The van der Waals surface area contributed by atoms with Crippen LogP contribution in [0.1, 0.15) is 44.1 Å². The molecule has 0 amide bonds. The Bertz CT molecular complexity index is 406. The highest BCUT2D eigenvalue weighted by Gasteiger charge is 2.09. The molecule has 0 saturated heterocycles. The summed E-state index contributed by atoms with van der Waals surface area (Å²) in [7, 11) is 0. The lowest BCUT2D eigenvalue weighted by Crippen LogP contribution is -2.06. The van der Waals surface area contributed by atoms with Gasteiger partial charge >= 0.3 is 5.97 Å². The Morgan fingerprint density at radius 1 is 1.17 bits per heavy atom. The van der Waals surface area contributed by atoms with Crippen LogP contribution in [0.5, 0.6) is 0 Å². The number of hydrogen-bond donors (Lipinski definition) is 0. The van der Waals surface area contributed by atoms with Gasteiger partial charge in [-0.25, -0.2) is 0 Å². The minimum atomic E-state index is -0.0842. The van der Waals surface area contributed by atoms with Gasteiger partial charge in [-0.15, -0.1) is 0 Å². The first-order chi connectivity index (χ1) is 8.84. The van der Waals surface area contributed by atoms with Crippen LogP contribution < -0.4 is 0 Å². The minimum Gasteiger partial charge on any atom is -0.431 e. The van der Waals surface area contributed by atoms with Crippen LogP contribution in [0.25, 0.3) is 0 Å². The fourth-order valence-corrected chi connectivity index (χ4v) is 2.18. The van der Waals surface area contributed by atoms with Crippen molar-refractivity contribution in [1.29, 1.82) is 0 Å². The van der Waals surface area contributed by atoms with E-state index in [1.807, 2.05) is 18.2 Å². The van der Waals surface area contributed by atoms with Gasteiger partial charge in [0.15, 0.2) is 0 Å². The van der Waals surface area contributed by atoms with E-state index < -0.39 is 0 Å². The van der Waals surface area contributed by atoms with Crippen LogP contribution in [0.4, 0.5) is 0 Å². The normalized spacial score (nSPS) is 15.0. The van der Waals surface area contributed by atoms with E-state index in [2.05, 4.69) is 18.2 Å². The van der Waals surface area contributed by atoms with Gasteiger partial charge in [-0.05, 0) is 43.7 Å². The second-order valence-corrected chi connectivity index (χ2v) is 4.73. The molecule has 1 aromatic carbocycles. The number of aryl methyl sites for hydroxylation is 1. The summed E-state index contributed by atoms with van der Waals surface area (Å²) in [4.78, 5) is 11.6. The Labute approximate surface area is 109 Å². The molecule has 0 saturated carbocycles. The highest BCUT2D eigenvalue weighted by Crippen LogP contribution is 2.19. The number of allylic oxidation sites excluding steroid dienone is 2. The van der Waals surface area contributed by atoms with Crippen LogP contribution in [0.15, 0.2) is 42.2 Å². The number of ether oxygens (including phenoxy) is 1. The van der Waals surface area contributed by atoms with E-state index in [4.69, 9.17) is 4.74 Å². The second kappa shape index (κ2) is 7.00. The maximum Gasteiger partial charge on any atom is 0.310 e. The third kappa shape index (κ3) is 4.36. The fourth-order valence-electron chi connectivity index (χ4n) is 2.18. The van der Waals surface area contributed by atoms with E-state index in [9.17, 15) is 4.79 Å². The molecule has 2 nitrogen and oxygen atoms in total. The third-order valence-electron chi connectivity index (χ3n) is 3.18. The first-order valence-electron chi connectivity index (χ1n) is 6.78. The smallest absolute Gasteiger partial charge is 0.310 e. The molecular weight excluding hydrogens is 224 g/mol. The molecule has 0 bridgehead atoms. The number of rotatable bonds is 5. The zero-order valence-electron chi connectivity index (χ0n) is 10.7. The molecule has 0 N–H and O–H groups in total. The lowest BCUT2D eigenvalue weighted by atomic mass is 10.1. The van der Waals surface area contributed by atoms with Gasteiger partial charge in [0.1, 0.15) is 5.76 Å². The van der Waals surface area contributed by atoms with Crippen LogP contribution in [0.2, 0.25) is 0 Å². The molecule has 0 heterocycles. The number of carbonyl (C=O) groups is 1. The molecule has 0 atom stereocenters. The van der Waals surface area contributed by atoms with Gasteiger partial charge in [0.25, 0.3) is 0 Å². The van der Waals surface area contributed by atoms with Crippen molar-refractivity contribution >= 4 is 5.97 Å². The first-order valence-corrected chi connectivity index (χ1v) is 6.78. The highest BCUT2D eigenvalue weighted by molar-refractivity contribution is 5.70. The standard InChI is InChI=1S/C16H20O2/c17-16(18-15-11-5-2-6-12-15)13-7-10-14-8-3-1-4-9-14/h1,3-4,8-9,11H,2,5-7,10,12-13H2. The molecule has 0 radical (unpaired) electrons. The Morgan fingerprint density at radius 3 is 2.72 bits per heavy atom. The van der Waals surface area contributed by atoms with E-state index in [1.165, 1.54) is 12.0 Å². The number of esters is 1. The largest absolute Gasteiger partial charge is 0.431 e. The van der Waals surface area contributed by atoms with Crippen LogP contribution in [-0.2, 0) is 16.0 Å². The van der Waals surface area contributed by atoms with Crippen molar-refractivity contribution in [2.45, 2.75) is 44.9 Å². The third-order valence-corrected chi connectivity index (χ3v) is 3.18. The van der Waals surface area contributed by atoms with Crippen LogP contribution in [0, 0.1) is 0 Å². The predicted octanol–water partition coefficient (Wildman–Crippen LogP) is 4.01. The van der Waals surface area contributed by atoms with Crippen molar-refractivity contribution in [1.82, 2.24) is 0 Å². The average Bonchev–Trinajstić information content (AvgIpc) is 2.41. The van der Waals surface area contributed by atoms with Gasteiger partial charge in [-0.3, -0.25) is 4.79 Å². The zero-order chi connectivity index (χ0) is 12.6. The molecule has 0 aliphatic heterocycles. The van der Waals surface area contributed by atoms with E-state index in [0.29, 0.717) is 6.42 Å². The average molecular weight is 244 g/mol. The molecule has 1 aliphatic carbocycles. The summed E-state index contributed by atoms with van der Waals surface area (Å²) in [5, 5.41) is 0. The van der Waals surface area contributed by atoms with Crippen molar-refractivity contribution in [3.05, 3.63) is 47.7 Å². The SMILES string of the molecule is O=C(CCCc1ccccc1)OC1=CCCCC1. The van der Waals surface area contributed by atoms with Crippen molar-refractivity contribution in [3.8, 4) is 0 Å².